The van der Waals surface area contributed by atoms with Crippen LogP contribution in [0.4, 0.5) is 0 Å². The Bertz CT molecular complexity index is 796. The van der Waals surface area contributed by atoms with E-state index >= 15 is 0 Å². The fourth-order valence-electron chi connectivity index (χ4n) is 2.37. The van der Waals surface area contributed by atoms with Crippen LogP contribution in [-0.4, -0.2) is 10.1 Å². The average molecular weight is 353 g/mol. The third-order valence-electron chi connectivity index (χ3n) is 3.48. The Morgan fingerprint density at radius 3 is 2.18 bits per heavy atom. The zero-order chi connectivity index (χ0) is 15.7. The Morgan fingerprint density at radius 2 is 1.50 bits per heavy atom. The summed E-state index contributed by atoms with van der Waals surface area (Å²) in [6.45, 7) is 0. The highest BCUT2D eigenvalue weighted by molar-refractivity contribution is 6.36. The zero-order valence-corrected chi connectivity index (χ0v) is 13.6. The first-order chi connectivity index (χ1) is 10.6. The van der Waals surface area contributed by atoms with Crippen molar-refractivity contribution in [3.05, 3.63) is 81.1 Å². The SMILES string of the molecule is O[C@@H](c1ccc(Cl)cc1)c1c[nH]cc1-c1ccc(Cl)cc1Cl. The molecule has 2 N–H and O–H groups in total. The monoisotopic (exact) mass is 351 g/mol. The van der Waals surface area contributed by atoms with E-state index in [2.05, 4.69) is 4.98 Å². The molecule has 5 heteroatoms. The van der Waals surface area contributed by atoms with E-state index in [1.807, 2.05) is 12.3 Å². The lowest BCUT2D eigenvalue weighted by atomic mass is 9.97. The van der Waals surface area contributed by atoms with Crippen molar-refractivity contribution < 1.29 is 5.11 Å². The topological polar surface area (TPSA) is 36.0 Å². The number of aliphatic hydroxyl groups excluding tert-OH is 1. The summed E-state index contributed by atoms with van der Waals surface area (Å²) in [7, 11) is 0. The molecule has 112 valence electrons. The van der Waals surface area contributed by atoms with Crippen LogP contribution >= 0.6 is 34.8 Å². The van der Waals surface area contributed by atoms with Crippen LogP contribution < -0.4 is 0 Å². The molecule has 22 heavy (non-hydrogen) atoms. The van der Waals surface area contributed by atoms with Gasteiger partial charge in [0.1, 0.15) is 6.10 Å². The molecule has 0 radical (unpaired) electrons. The van der Waals surface area contributed by atoms with E-state index in [0.717, 1.165) is 22.3 Å². The number of halogens is 3. The Labute approximate surface area is 143 Å². The van der Waals surface area contributed by atoms with Crippen molar-refractivity contribution in [2.75, 3.05) is 0 Å². The van der Waals surface area contributed by atoms with Crippen molar-refractivity contribution in [3.63, 3.8) is 0 Å². The van der Waals surface area contributed by atoms with Crippen molar-refractivity contribution in [2.24, 2.45) is 0 Å². The predicted octanol–water partition coefficient (Wildman–Crippen LogP) is 5.72. The number of hydrogen-bond donors (Lipinski definition) is 2. The van der Waals surface area contributed by atoms with E-state index in [1.165, 1.54) is 0 Å². The van der Waals surface area contributed by atoms with E-state index in [9.17, 15) is 5.11 Å². The van der Waals surface area contributed by atoms with Crippen LogP contribution in [0, 0.1) is 0 Å². The Hall–Kier alpha value is -1.45. The quantitative estimate of drug-likeness (QED) is 0.621. The number of nitrogens with one attached hydrogen (secondary N) is 1. The van der Waals surface area contributed by atoms with Gasteiger partial charge in [-0.05, 0) is 29.8 Å². The molecule has 0 spiro atoms. The summed E-state index contributed by atoms with van der Waals surface area (Å²) >= 11 is 18.1. The fraction of sp³-hybridized carbons (Fsp3) is 0.0588. The fourth-order valence-corrected chi connectivity index (χ4v) is 3.00. The van der Waals surface area contributed by atoms with E-state index in [4.69, 9.17) is 34.8 Å². The molecule has 0 saturated heterocycles. The van der Waals surface area contributed by atoms with Crippen LogP contribution in [-0.2, 0) is 0 Å². The first kappa shape index (κ1) is 15.4. The van der Waals surface area contributed by atoms with Crippen LogP contribution in [0.25, 0.3) is 11.1 Å². The molecule has 0 saturated carbocycles. The van der Waals surface area contributed by atoms with E-state index in [-0.39, 0.29) is 0 Å². The van der Waals surface area contributed by atoms with Gasteiger partial charge in [-0.1, -0.05) is 53.0 Å². The number of hydrogen-bond acceptors (Lipinski definition) is 1. The Morgan fingerprint density at radius 1 is 0.818 bits per heavy atom. The largest absolute Gasteiger partial charge is 0.384 e. The molecule has 3 aromatic rings. The van der Waals surface area contributed by atoms with Crippen molar-refractivity contribution >= 4 is 34.8 Å². The Kier molecular flexibility index (Phi) is 4.46. The molecule has 1 heterocycles. The lowest BCUT2D eigenvalue weighted by molar-refractivity contribution is 0.221. The van der Waals surface area contributed by atoms with Crippen LogP contribution in [0.3, 0.4) is 0 Å². The highest BCUT2D eigenvalue weighted by atomic mass is 35.5. The van der Waals surface area contributed by atoms with Crippen LogP contribution in [0.5, 0.6) is 0 Å². The second-order valence-electron chi connectivity index (χ2n) is 4.90. The van der Waals surface area contributed by atoms with Gasteiger partial charge in [0.05, 0.1) is 0 Å². The van der Waals surface area contributed by atoms with E-state index in [0.29, 0.717) is 15.1 Å². The van der Waals surface area contributed by atoms with Gasteiger partial charge in [-0.15, -0.1) is 0 Å². The van der Waals surface area contributed by atoms with Crippen LogP contribution in [0.2, 0.25) is 15.1 Å². The molecule has 0 aliphatic carbocycles. The van der Waals surface area contributed by atoms with Crippen molar-refractivity contribution in [2.45, 2.75) is 6.10 Å². The number of aliphatic hydroxyl groups is 1. The lowest BCUT2D eigenvalue weighted by Crippen LogP contribution is -1.99. The molecule has 2 aromatic carbocycles. The molecule has 0 aliphatic rings. The maximum atomic E-state index is 10.6. The molecular formula is C17H12Cl3NO. The highest BCUT2D eigenvalue weighted by Gasteiger charge is 2.18. The molecule has 0 unspecified atom stereocenters. The van der Waals surface area contributed by atoms with Crippen LogP contribution in [0.1, 0.15) is 17.2 Å². The van der Waals surface area contributed by atoms with Gasteiger partial charge in [0, 0.05) is 44.2 Å². The maximum Gasteiger partial charge on any atom is 0.106 e. The number of H-pyrrole nitrogens is 1. The molecule has 2 nitrogen and oxygen atoms in total. The highest BCUT2D eigenvalue weighted by Crippen LogP contribution is 2.36. The average Bonchev–Trinajstić information content (AvgIpc) is 2.96. The molecular weight excluding hydrogens is 341 g/mol. The van der Waals surface area contributed by atoms with Gasteiger partial charge in [-0.3, -0.25) is 0 Å². The lowest BCUT2D eigenvalue weighted by Gasteiger charge is -2.13. The van der Waals surface area contributed by atoms with Crippen molar-refractivity contribution in [1.82, 2.24) is 4.98 Å². The molecule has 1 aromatic heterocycles. The number of rotatable bonds is 3. The first-order valence-corrected chi connectivity index (χ1v) is 7.75. The van der Waals surface area contributed by atoms with E-state index < -0.39 is 6.10 Å². The van der Waals surface area contributed by atoms with Gasteiger partial charge in [-0.2, -0.15) is 0 Å². The minimum Gasteiger partial charge on any atom is -0.384 e. The Balaban J connectivity index is 2.03. The number of benzene rings is 2. The minimum atomic E-state index is -0.773. The summed E-state index contributed by atoms with van der Waals surface area (Å²) in [5.74, 6) is 0. The van der Waals surface area contributed by atoms with Gasteiger partial charge in [0.25, 0.3) is 0 Å². The molecule has 1 atom stereocenters. The summed E-state index contributed by atoms with van der Waals surface area (Å²) in [5.41, 5.74) is 3.15. The van der Waals surface area contributed by atoms with Gasteiger partial charge < -0.3 is 10.1 Å². The van der Waals surface area contributed by atoms with Crippen molar-refractivity contribution in [1.29, 1.82) is 0 Å². The second-order valence-corrected chi connectivity index (χ2v) is 6.18. The molecule has 3 rings (SSSR count). The smallest absolute Gasteiger partial charge is 0.106 e. The van der Waals surface area contributed by atoms with Crippen LogP contribution in [0.15, 0.2) is 54.9 Å². The van der Waals surface area contributed by atoms with Gasteiger partial charge in [0.15, 0.2) is 0 Å². The standard InChI is InChI=1S/C17H12Cl3NO/c18-11-3-1-10(2-4-11)17(22)15-9-21-8-14(15)13-6-5-12(19)7-16(13)20/h1-9,17,21-22H/t17-/m0/s1. The normalized spacial score (nSPS) is 12.4. The van der Waals surface area contributed by atoms with Gasteiger partial charge in [0.2, 0.25) is 0 Å². The molecule has 0 amide bonds. The van der Waals surface area contributed by atoms with Crippen molar-refractivity contribution in [3.8, 4) is 11.1 Å². The summed E-state index contributed by atoms with van der Waals surface area (Å²) in [6, 6.07) is 12.4. The van der Waals surface area contributed by atoms with E-state index in [1.54, 1.807) is 42.6 Å². The third kappa shape index (κ3) is 3.01. The molecule has 0 fully saturated rings. The minimum absolute atomic E-state index is 0.539. The summed E-state index contributed by atoms with van der Waals surface area (Å²) < 4.78 is 0. The third-order valence-corrected chi connectivity index (χ3v) is 4.28. The van der Waals surface area contributed by atoms with Gasteiger partial charge >= 0.3 is 0 Å². The number of aromatic nitrogens is 1. The van der Waals surface area contributed by atoms with Gasteiger partial charge in [-0.25, -0.2) is 0 Å². The zero-order valence-electron chi connectivity index (χ0n) is 11.4. The molecule has 0 bridgehead atoms. The predicted molar refractivity (Wildman–Crippen MR) is 91.8 cm³/mol. The second kappa shape index (κ2) is 6.35. The number of aromatic amines is 1. The summed E-state index contributed by atoms with van der Waals surface area (Å²) in [6.07, 6.45) is 2.80. The maximum absolute atomic E-state index is 10.6. The summed E-state index contributed by atoms with van der Waals surface area (Å²) in [4.78, 5) is 3.02. The first-order valence-electron chi connectivity index (χ1n) is 6.62. The summed E-state index contributed by atoms with van der Waals surface area (Å²) in [5, 5.41) is 12.4. The molecule has 0 aliphatic heterocycles.